The van der Waals surface area contributed by atoms with Crippen LogP contribution in [0.5, 0.6) is 5.75 Å². The van der Waals surface area contributed by atoms with Crippen LogP contribution in [0.25, 0.3) is 0 Å². The molecule has 1 aliphatic carbocycles. The Morgan fingerprint density at radius 2 is 1.55 bits per heavy atom. The minimum Gasteiger partial charge on any atom is -0.489 e. The highest BCUT2D eigenvalue weighted by Gasteiger charge is 2.31. The fraction of sp³-hybridized carbons (Fsp3) is 0.394. The molecule has 1 saturated carbocycles. The molecule has 1 fully saturated rings. The number of carbonyl (C=O) groups excluding carboxylic acids is 2. The lowest BCUT2D eigenvalue weighted by Crippen LogP contribution is -2.52. The summed E-state index contributed by atoms with van der Waals surface area (Å²) in [6.45, 7) is 3.81. The lowest BCUT2D eigenvalue weighted by Gasteiger charge is -2.33. The van der Waals surface area contributed by atoms with E-state index < -0.39 is 28.5 Å². The number of sulfonamides is 1. The van der Waals surface area contributed by atoms with Crippen LogP contribution in [0.4, 0.5) is 5.69 Å². The fourth-order valence-electron chi connectivity index (χ4n) is 5.10. The highest BCUT2D eigenvalue weighted by atomic mass is 32.2. The Balaban J connectivity index is 1.51. The first kappa shape index (κ1) is 31.1. The third kappa shape index (κ3) is 8.82. The molecule has 0 radical (unpaired) electrons. The van der Waals surface area contributed by atoms with Gasteiger partial charge in [-0.3, -0.25) is 13.9 Å². The molecule has 4 rings (SSSR count). The first-order chi connectivity index (χ1) is 20.1. The van der Waals surface area contributed by atoms with Crippen molar-refractivity contribution < 1.29 is 22.7 Å². The Morgan fingerprint density at radius 1 is 0.905 bits per heavy atom. The van der Waals surface area contributed by atoms with Crippen LogP contribution < -0.4 is 14.4 Å². The predicted molar refractivity (Wildman–Crippen MR) is 166 cm³/mol. The molecule has 1 aliphatic rings. The molecule has 0 unspecified atom stereocenters. The number of benzene rings is 3. The first-order valence-electron chi connectivity index (χ1n) is 14.5. The molecule has 0 aromatic heterocycles. The maximum atomic E-state index is 13.8. The van der Waals surface area contributed by atoms with Crippen molar-refractivity contribution in [1.29, 1.82) is 0 Å². The van der Waals surface area contributed by atoms with E-state index in [1.807, 2.05) is 61.5 Å². The number of hydrogen-bond donors (Lipinski definition) is 1. The number of carbonyl (C=O) groups is 2. The third-order valence-corrected chi connectivity index (χ3v) is 8.79. The molecule has 8 nitrogen and oxygen atoms in total. The van der Waals surface area contributed by atoms with Crippen LogP contribution in [-0.2, 0) is 32.8 Å². The first-order valence-corrected chi connectivity index (χ1v) is 16.3. The molecule has 0 heterocycles. The van der Waals surface area contributed by atoms with E-state index in [1.165, 1.54) is 11.3 Å². The standard InChI is InChI=1S/C33H41N3O5S/c1-25-14-16-27(17-15-25)22-35(26(2)33(38)34-29-12-8-5-9-13-29)32(37)23-36(42(3,39)40)30-18-20-31(21-19-30)41-24-28-10-6-4-7-11-28/h4,6-7,10-11,14-21,26,29H,5,8-9,12-13,22-24H2,1-3H3,(H,34,38)/t26-/m0/s1. The SMILES string of the molecule is Cc1ccc(CN(C(=O)CN(c2ccc(OCc3ccccc3)cc2)S(C)(=O)=O)[C@@H](C)C(=O)NC2CCCCC2)cc1. The number of anilines is 1. The van der Waals surface area contributed by atoms with Crippen molar-refractivity contribution in [3.8, 4) is 5.75 Å². The largest absolute Gasteiger partial charge is 0.489 e. The van der Waals surface area contributed by atoms with E-state index in [2.05, 4.69) is 5.32 Å². The topological polar surface area (TPSA) is 96.0 Å². The van der Waals surface area contributed by atoms with Gasteiger partial charge in [0.1, 0.15) is 24.9 Å². The maximum Gasteiger partial charge on any atom is 0.244 e. The molecule has 42 heavy (non-hydrogen) atoms. The summed E-state index contributed by atoms with van der Waals surface area (Å²) in [7, 11) is -3.82. The highest BCUT2D eigenvalue weighted by molar-refractivity contribution is 7.92. The molecular weight excluding hydrogens is 550 g/mol. The summed E-state index contributed by atoms with van der Waals surface area (Å²) in [5.41, 5.74) is 3.30. The zero-order chi connectivity index (χ0) is 30.1. The van der Waals surface area contributed by atoms with Crippen LogP contribution in [0.2, 0.25) is 0 Å². The molecule has 3 aromatic carbocycles. The summed E-state index contributed by atoms with van der Waals surface area (Å²) in [5.74, 6) is -0.110. The van der Waals surface area contributed by atoms with Crippen LogP contribution >= 0.6 is 0 Å². The number of aryl methyl sites for hydroxylation is 1. The molecule has 0 saturated heterocycles. The zero-order valence-corrected chi connectivity index (χ0v) is 25.5. The van der Waals surface area contributed by atoms with Gasteiger partial charge in [-0.05, 0) is 62.1 Å². The number of nitrogens with one attached hydrogen (secondary N) is 1. The fourth-order valence-corrected chi connectivity index (χ4v) is 5.95. The van der Waals surface area contributed by atoms with Crippen molar-refractivity contribution in [3.63, 3.8) is 0 Å². The molecule has 2 amide bonds. The van der Waals surface area contributed by atoms with E-state index in [0.29, 0.717) is 18.0 Å². The Labute approximate surface area is 249 Å². The summed E-state index contributed by atoms with van der Waals surface area (Å²) in [4.78, 5) is 28.6. The van der Waals surface area contributed by atoms with Crippen LogP contribution in [-0.4, -0.2) is 50.0 Å². The van der Waals surface area contributed by atoms with Crippen LogP contribution in [0.1, 0.15) is 55.7 Å². The molecule has 0 bridgehead atoms. The van der Waals surface area contributed by atoms with Gasteiger partial charge in [0.2, 0.25) is 21.8 Å². The van der Waals surface area contributed by atoms with Crippen molar-refractivity contribution in [3.05, 3.63) is 95.6 Å². The average Bonchev–Trinajstić information content (AvgIpc) is 2.99. The van der Waals surface area contributed by atoms with Gasteiger partial charge in [0.15, 0.2) is 0 Å². The van der Waals surface area contributed by atoms with Gasteiger partial charge in [-0.1, -0.05) is 79.4 Å². The second-order valence-electron chi connectivity index (χ2n) is 11.1. The van der Waals surface area contributed by atoms with E-state index in [0.717, 1.165) is 52.9 Å². The van der Waals surface area contributed by atoms with E-state index in [9.17, 15) is 18.0 Å². The summed E-state index contributed by atoms with van der Waals surface area (Å²) in [5, 5.41) is 3.12. The van der Waals surface area contributed by atoms with Gasteiger partial charge in [-0.25, -0.2) is 8.42 Å². The molecular formula is C33H41N3O5S. The van der Waals surface area contributed by atoms with Gasteiger partial charge < -0.3 is 15.0 Å². The van der Waals surface area contributed by atoms with Crippen LogP contribution in [0.3, 0.4) is 0 Å². The van der Waals surface area contributed by atoms with Gasteiger partial charge in [0, 0.05) is 12.6 Å². The molecule has 3 aromatic rings. The minimum atomic E-state index is -3.82. The van der Waals surface area contributed by atoms with Crippen molar-refractivity contribution in [2.45, 2.75) is 71.2 Å². The Hall–Kier alpha value is -3.85. The van der Waals surface area contributed by atoms with Crippen molar-refractivity contribution in [1.82, 2.24) is 10.2 Å². The Bertz CT molecular complexity index is 1420. The van der Waals surface area contributed by atoms with E-state index >= 15 is 0 Å². The predicted octanol–water partition coefficient (Wildman–Crippen LogP) is 5.21. The van der Waals surface area contributed by atoms with Gasteiger partial charge in [0.25, 0.3) is 0 Å². The molecule has 1 atom stereocenters. The number of hydrogen-bond acceptors (Lipinski definition) is 5. The van der Waals surface area contributed by atoms with Crippen molar-refractivity contribution in [2.75, 3.05) is 17.1 Å². The van der Waals surface area contributed by atoms with Crippen LogP contribution in [0.15, 0.2) is 78.9 Å². The highest BCUT2D eigenvalue weighted by Crippen LogP contribution is 2.24. The van der Waals surface area contributed by atoms with E-state index in [-0.39, 0.29) is 18.5 Å². The molecule has 0 aliphatic heterocycles. The summed E-state index contributed by atoms with van der Waals surface area (Å²) in [6.07, 6.45) is 6.25. The molecule has 224 valence electrons. The molecule has 0 spiro atoms. The number of ether oxygens (including phenoxy) is 1. The van der Waals surface area contributed by atoms with Gasteiger partial charge in [-0.15, -0.1) is 0 Å². The summed E-state index contributed by atoms with van der Waals surface area (Å²) < 4.78 is 32.7. The third-order valence-electron chi connectivity index (χ3n) is 7.64. The smallest absolute Gasteiger partial charge is 0.244 e. The van der Waals surface area contributed by atoms with E-state index in [1.54, 1.807) is 31.2 Å². The summed E-state index contributed by atoms with van der Waals surface area (Å²) in [6, 6.07) is 23.4. The average molecular weight is 592 g/mol. The Morgan fingerprint density at radius 3 is 2.17 bits per heavy atom. The van der Waals surface area contributed by atoms with Gasteiger partial charge in [0.05, 0.1) is 11.9 Å². The lowest BCUT2D eigenvalue weighted by atomic mass is 9.95. The zero-order valence-electron chi connectivity index (χ0n) is 24.7. The maximum absolute atomic E-state index is 13.8. The number of nitrogens with zero attached hydrogens (tertiary/aromatic N) is 2. The minimum absolute atomic E-state index is 0.0974. The van der Waals surface area contributed by atoms with E-state index in [4.69, 9.17) is 4.74 Å². The molecule has 9 heteroatoms. The van der Waals surface area contributed by atoms with Crippen molar-refractivity contribution >= 4 is 27.5 Å². The normalized spacial score (nSPS) is 14.5. The summed E-state index contributed by atoms with van der Waals surface area (Å²) >= 11 is 0. The lowest BCUT2D eigenvalue weighted by molar-refractivity contribution is -0.139. The van der Waals surface area contributed by atoms with Gasteiger partial charge >= 0.3 is 0 Å². The van der Waals surface area contributed by atoms with Crippen LogP contribution in [0, 0.1) is 6.92 Å². The second kappa shape index (κ2) is 14.4. The number of amides is 2. The monoisotopic (exact) mass is 591 g/mol. The quantitative estimate of drug-likeness (QED) is 0.312. The van der Waals surface area contributed by atoms with Crippen molar-refractivity contribution in [2.24, 2.45) is 0 Å². The van der Waals surface area contributed by atoms with Gasteiger partial charge in [-0.2, -0.15) is 0 Å². The number of rotatable bonds is 12. The molecule has 1 N–H and O–H groups in total. The second-order valence-corrected chi connectivity index (χ2v) is 13.0. The Kier molecular flexibility index (Phi) is 10.6.